The van der Waals surface area contributed by atoms with Crippen molar-refractivity contribution < 1.29 is 9.47 Å². The van der Waals surface area contributed by atoms with Crippen LogP contribution in [0.4, 0.5) is 0 Å². The minimum Gasteiger partial charge on any atom is -0.493 e. The topological polar surface area (TPSA) is 59.8 Å². The maximum Gasteiger partial charge on any atom is 0.191 e. The second-order valence-electron chi connectivity index (χ2n) is 7.12. The SMILES string of the molecule is CN=C(NCc1ccn(C)c1)NCc1ccc(C)cc1OCC1CCOC1.I. The summed E-state index contributed by atoms with van der Waals surface area (Å²) in [6.45, 7) is 5.83. The maximum absolute atomic E-state index is 6.12. The first kappa shape index (κ1) is 22.5. The Morgan fingerprint density at radius 3 is 2.79 bits per heavy atom. The third-order valence-electron chi connectivity index (χ3n) is 4.74. The van der Waals surface area contributed by atoms with Crippen molar-refractivity contribution in [1.82, 2.24) is 15.2 Å². The molecule has 2 N–H and O–H groups in total. The van der Waals surface area contributed by atoms with Gasteiger partial charge in [-0.2, -0.15) is 0 Å². The number of aromatic nitrogens is 1. The van der Waals surface area contributed by atoms with Gasteiger partial charge in [-0.1, -0.05) is 12.1 Å². The molecule has 0 aliphatic carbocycles. The van der Waals surface area contributed by atoms with Gasteiger partial charge < -0.3 is 24.7 Å². The van der Waals surface area contributed by atoms with Gasteiger partial charge in [0.05, 0.1) is 13.2 Å². The van der Waals surface area contributed by atoms with Gasteiger partial charge in [0.1, 0.15) is 5.75 Å². The molecule has 154 valence electrons. The second-order valence-corrected chi connectivity index (χ2v) is 7.12. The molecule has 1 atom stereocenters. The van der Waals surface area contributed by atoms with Crippen molar-refractivity contribution in [3.05, 3.63) is 53.3 Å². The summed E-state index contributed by atoms with van der Waals surface area (Å²) in [5.74, 6) is 2.20. The van der Waals surface area contributed by atoms with E-state index in [0.29, 0.717) is 19.1 Å². The number of halogens is 1. The van der Waals surface area contributed by atoms with Crippen molar-refractivity contribution in [2.75, 3.05) is 26.9 Å². The molecule has 1 aromatic heterocycles. The molecule has 1 unspecified atom stereocenters. The van der Waals surface area contributed by atoms with Gasteiger partial charge in [-0.15, -0.1) is 24.0 Å². The zero-order valence-corrected chi connectivity index (χ0v) is 19.2. The fourth-order valence-electron chi connectivity index (χ4n) is 3.12. The fourth-order valence-corrected chi connectivity index (χ4v) is 3.12. The number of aliphatic imine (C=N–C) groups is 1. The Kier molecular flexibility index (Phi) is 9.11. The molecule has 1 saturated heterocycles. The maximum atomic E-state index is 6.12. The minimum atomic E-state index is 0. The Morgan fingerprint density at radius 2 is 2.11 bits per heavy atom. The van der Waals surface area contributed by atoms with E-state index in [4.69, 9.17) is 9.47 Å². The van der Waals surface area contributed by atoms with E-state index >= 15 is 0 Å². The second kappa shape index (κ2) is 11.3. The van der Waals surface area contributed by atoms with Crippen LogP contribution in [0, 0.1) is 12.8 Å². The zero-order chi connectivity index (χ0) is 19.1. The first-order valence-electron chi connectivity index (χ1n) is 9.49. The van der Waals surface area contributed by atoms with Crippen LogP contribution in [0.1, 0.15) is 23.1 Å². The zero-order valence-electron chi connectivity index (χ0n) is 16.9. The van der Waals surface area contributed by atoms with Gasteiger partial charge in [-0.05, 0) is 36.6 Å². The highest BCUT2D eigenvalue weighted by atomic mass is 127. The first-order valence-corrected chi connectivity index (χ1v) is 9.49. The lowest BCUT2D eigenvalue weighted by atomic mass is 10.1. The number of rotatable bonds is 7. The van der Waals surface area contributed by atoms with Crippen molar-refractivity contribution in [3.8, 4) is 5.75 Å². The lowest BCUT2D eigenvalue weighted by Crippen LogP contribution is -2.36. The molecule has 0 spiro atoms. The normalized spacial score (nSPS) is 16.5. The van der Waals surface area contributed by atoms with E-state index < -0.39 is 0 Å². The largest absolute Gasteiger partial charge is 0.493 e. The van der Waals surface area contributed by atoms with Gasteiger partial charge in [0.2, 0.25) is 0 Å². The molecule has 0 radical (unpaired) electrons. The van der Waals surface area contributed by atoms with Crippen LogP contribution >= 0.6 is 24.0 Å². The third-order valence-corrected chi connectivity index (χ3v) is 4.74. The summed E-state index contributed by atoms with van der Waals surface area (Å²) in [6, 6.07) is 8.43. The molecule has 1 aliphatic heterocycles. The highest BCUT2D eigenvalue weighted by Gasteiger charge is 2.17. The monoisotopic (exact) mass is 498 g/mol. The molecule has 0 saturated carbocycles. The number of nitrogens with one attached hydrogen (secondary N) is 2. The summed E-state index contributed by atoms with van der Waals surface area (Å²) in [7, 11) is 3.81. The van der Waals surface area contributed by atoms with E-state index in [9.17, 15) is 0 Å². The number of hydrogen-bond donors (Lipinski definition) is 2. The summed E-state index contributed by atoms with van der Waals surface area (Å²) in [5, 5.41) is 6.72. The molecule has 0 bridgehead atoms. The molecule has 1 aliphatic rings. The van der Waals surface area contributed by atoms with E-state index in [2.05, 4.69) is 53.0 Å². The number of nitrogens with zero attached hydrogens (tertiary/aromatic N) is 2. The van der Waals surface area contributed by atoms with Gasteiger partial charge in [0.15, 0.2) is 5.96 Å². The number of hydrogen-bond acceptors (Lipinski definition) is 3. The number of aryl methyl sites for hydroxylation is 2. The predicted octanol–water partition coefficient (Wildman–Crippen LogP) is 3.23. The number of guanidine groups is 1. The summed E-state index contributed by atoms with van der Waals surface area (Å²) in [4.78, 5) is 4.31. The Hall–Kier alpha value is -1.74. The van der Waals surface area contributed by atoms with Gasteiger partial charge in [0.25, 0.3) is 0 Å². The third kappa shape index (κ3) is 6.70. The van der Waals surface area contributed by atoms with E-state index in [1.165, 1.54) is 11.1 Å². The standard InChI is InChI=1S/C21H30N4O2.HI/c1-16-4-5-19(20(10-16)27-15-18-7-9-26-14-18)12-24-21(22-2)23-11-17-6-8-25(3)13-17;/h4-6,8,10,13,18H,7,9,11-12,14-15H2,1-3H3,(H2,22,23,24);1H. The van der Waals surface area contributed by atoms with Crippen molar-refractivity contribution in [2.45, 2.75) is 26.4 Å². The van der Waals surface area contributed by atoms with Crippen molar-refractivity contribution >= 4 is 29.9 Å². The van der Waals surface area contributed by atoms with Gasteiger partial charge in [-0.3, -0.25) is 4.99 Å². The van der Waals surface area contributed by atoms with E-state index in [1.54, 1.807) is 7.05 Å². The number of ether oxygens (including phenoxy) is 2. The summed E-state index contributed by atoms with van der Waals surface area (Å²) < 4.78 is 13.6. The smallest absolute Gasteiger partial charge is 0.191 e. The fraction of sp³-hybridized carbons (Fsp3) is 0.476. The van der Waals surface area contributed by atoms with Crippen molar-refractivity contribution in [3.63, 3.8) is 0 Å². The Morgan fingerprint density at radius 1 is 1.29 bits per heavy atom. The van der Waals surface area contributed by atoms with Crippen LogP contribution in [0.3, 0.4) is 0 Å². The molecule has 1 fully saturated rings. The van der Waals surface area contributed by atoms with Crippen LogP contribution in [0.5, 0.6) is 5.75 Å². The van der Waals surface area contributed by atoms with Crippen LogP contribution in [0.15, 0.2) is 41.7 Å². The summed E-state index contributed by atoms with van der Waals surface area (Å²) in [6.07, 6.45) is 5.22. The van der Waals surface area contributed by atoms with E-state index in [0.717, 1.165) is 43.5 Å². The molecule has 2 aromatic rings. The highest BCUT2D eigenvalue weighted by molar-refractivity contribution is 14.0. The van der Waals surface area contributed by atoms with Gasteiger partial charge in [0, 0.05) is 57.7 Å². The minimum absolute atomic E-state index is 0. The van der Waals surface area contributed by atoms with Crippen LogP contribution in [-0.2, 0) is 24.9 Å². The molecule has 0 amide bonds. The average Bonchev–Trinajstić information content (AvgIpc) is 3.33. The lowest BCUT2D eigenvalue weighted by molar-refractivity contribution is 0.166. The average molecular weight is 498 g/mol. The van der Waals surface area contributed by atoms with Crippen LogP contribution < -0.4 is 15.4 Å². The van der Waals surface area contributed by atoms with Crippen molar-refractivity contribution in [2.24, 2.45) is 18.0 Å². The van der Waals surface area contributed by atoms with Crippen LogP contribution in [0.2, 0.25) is 0 Å². The van der Waals surface area contributed by atoms with Gasteiger partial charge in [-0.25, -0.2) is 0 Å². The molecule has 3 rings (SSSR count). The predicted molar refractivity (Wildman–Crippen MR) is 123 cm³/mol. The molecule has 7 heteroatoms. The Balaban J connectivity index is 0.00000280. The number of benzene rings is 1. The molecular formula is C21H31IN4O2. The summed E-state index contributed by atoms with van der Waals surface area (Å²) >= 11 is 0. The molecule has 1 aromatic carbocycles. The molecule has 28 heavy (non-hydrogen) atoms. The Bertz CT molecular complexity index is 770. The highest BCUT2D eigenvalue weighted by Crippen LogP contribution is 2.22. The van der Waals surface area contributed by atoms with Crippen LogP contribution in [0.25, 0.3) is 0 Å². The van der Waals surface area contributed by atoms with Crippen molar-refractivity contribution in [1.29, 1.82) is 0 Å². The Labute approximate surface area is 184 Å². The molecular weight excluding hydrogens is 467 g/mol. The van der Waals surface area contributed by atoms with Crippen LogP contribution in [-0.4, -0.2) is 37.4 Å². The first-order chi connectivity index (χ1) is 13.1. The van der Waals surface area contributed by atoms with E-state index in [1.807, 2.05) is 17.8 Å². The summed E-state index contributed by atoms with van der Waals surface area (Å²) in [5.41, 5.74) is 3.55. The molecule has 6 nitrogen and oxygen atoms in total. The van der Waals surface area contributed by atoms with E-state index in [-0.39, 0.29) is 24.0 Å². The lowest BCUT2D eigenvalue weighted by Gasteiger charge is -2.17. The quantitative estimate of drug-likeness (QED) is 0.350. The van der Waals surface area contributed by atoms with Gasteiger partial charge >= 0.3 is 0 Å². The molecule has 2 heterocycles.